The minimum absolute atomic E-state index is 0.164. The molecule has 100 valence electrons. The van der Waals surface area contributed by atoms with Gasteiger partial charge in [0.05, 0.1) is 0 Å². The topological polar surface area (TPSA) is 72.2 Å². The molecule has 0 aliphatic carbocycles. The molecule has 7 heteroatoms. The minimum atomic E-state index is -3.55. The van der Waals surface area contributed by atoms with Gasteiger partial charge in [0.25, 0.3) is 0 Å². The first kappa shape index (κ1) is 15.7. The van der Waals surface area contributed by atoms with Crippen LogP contribution in [-0.2, 0) is 10.0 Å². The maximum absolute atomic E-state index is 12.1. The standard InChI is InChI=1S/C11H14Br2N2O2S/c1-2-3-4-5-15-18(16,17)11-9(12)6-8(14)7-10(11)13/h2-3,6-7,15H,4-5,14H2,1H3/b3-2+. The van der Waals surface area contributed by atoms with Crippen molar-refractivity contribution in [1.29, 1.82) is 0 Å². The van der Waals surface area contributed by atoms with Crippen molar-refractivity contribution in [2.45, 2.75) is 18.2 Å². The van der Waals surface area contributed by atoms with Gasteiger partial charge in [-0.2, -0.15) is 0 Å². The van der Waals surface area contributed by atoms with E-state index in [2.05, 4.69) is 36.6 Å². The zero-order chi connectivity index (χ0) is 13.8. The van der Waals surface area contributed by atoms with E-state index in [-0.39, 0.29) is 4.90 Å². The second-order valence-corrected chi connectivity index (χ2v) is 6.98. The van der Waals surface area contributed by atoms with Crippen LogP contribution in [0.5, 0.6) is 0 Å². The van der Waals surface area contributed by atoms with Crippen molar-refractivity contribution in [3.8, 4) is 0 Å². The van der Waals surface area contributed by atoms with Gasteiger partial charge >= 0.3 is 0 Å². The van der Waals surface area contributed by atoms with Crippen molar-refractivity contribution >= 4 is 47.6 Å². The number of rotatable bonds is 5. The first-order chi connectivity index (χ1) is 8.38. The number of hydrogen-bond acceptors (Lipinski definition) is 3. The summed E-state index contributed by atoms with van der Waals surface area (Å²) < 4.78 is 27.6. The molecule has 18 heavy (non-hydrogen) atoms. The van der Waals surface area contributed by atoms with Gasteiger partial charge in [0, 0.05) is 21.2 Å². The zero-order valence-corrected chi connectivity index (χ0v) is 13.8. The average molecular weight is 398 g/mol. The molecule has 4 nitrogen and oxygen atoms in total. The summed E-state index contributed by atoms with van der Waals surface area (Å²) in [4.78, 5) is 0.164. The Kier molecular flexibility index (Phi) is 5.84. The third-order valence-corrected chi connectivity index (χ3v) is 5.47. The van der Waals surface area contributed by atoms with E-state index < -0.39 is 10.0 Å². The Morgan fingerprint density at radius 2 is 1.89 bits per heavy atom. The van der Waals surface area contributed by atoms with Crippen molar-refractivity contribution < 1.29 is 8.42 Å². The van der Waals surface area contributed by atoms with E-state index in [1.165, 1.54) is 0 Å². The fourth-order valence-electron chi connectivity index (χ4n) is 1.35. The summed E-state index contributed by atoms with van der Waals surface area (Å²) >= 11 is 6.43. The van der Waals surface area contributed by atoms with Gasteiger partial charge in [-0.15, -0.1) is 0 Å². The van der Waals surface area contributed by atoms with Crippen LogP contribution in [0.3, 0.4) is 0 Å². The van der Waals surface area contributed by atoms with Gasteiger partial charge in [-0.05, 0) is 57.3 Å². The van der Waals surface area contributed by atoms with Gasteiger partial charge in [0.2, 0.25) is 10.0 Å². The van der Waals surface area contributed by atoms with Crippen LogP contribution in [-0.4, -0.2) is 15.0 Å². The van der Waals surface area contributed by atoms with Gasteiger partial charge < -0.3 is 5.73 Å². The fraction of sp³-hybridized carbons (Fsp3) is 0.273. The highest BCUT2D eigenvalue weighted by Gasteiger charge is 2.20. The Morgan fingerprint density at radius 3 is 2.39 bits per heavy atom. The van der Waals surface area contributed by atoms with Crippen LogP contribution in [0.15, 0.2) is 38.1 Å². The first-order valence-electron chi connectivity index (χ1n) is 5.24. The van der Waals surface area contributed by atoms with Crippen molar-refractivity contribution in [2.24, 2.45) is 0 Å². The number of nitrogens with one attached hydrogen (secondary N) is 1. The minimum Gasteiger partial charge on any atom is -0.399 e. The lowest BCUT2D eigenvalue weighted by Gasteiger charge is -2.10. The van der Waals surface area contributed by atoms with E-state index in [1.54, 1.807) is 12.1 Å². The Morgan fingerprint density at radius 1 is 1.33 bits per heavy atom. The quantitative estimate of drug-likeness (QED) is 0.455. The van der Waals surface area contributed by atoms with E-state index in [0.29, 0.717) is 27.6 Å². The summed E-state index contributed by atoms with van der Waals surface area (Å²) in [6, 6.07) is 3.12. The lowest BCUT2D eigenvalue weighted by atomic mass is 10.3. The number of hydrogen-bond donors (Lipinski definition) is 2. The highest BCUT2D eigenvalue weighted by molar-refractivity contribution is 9.11. The summed E-state index contributed by atoms with van der Waals surface area (Å²) in [5.41, 5.74) is 6.11. The van der Waals surface area contributed by atoms with E-state index in [4.69, 9.17) is 5.73 Å². The fourth-order valence-corrected chi connectivity index (χ4v) is 5.01. The van der Waals surface area contributed by atoms with Gasteiger partial charge in [-0.25, -0.2) is 13.1 Å². The number of allylic oxidation sites excluding steroid dienone is 1. The van der Waals surface area contributed by atoms with E-state index in [0.717, 1.165) is 0 Å². The highest BCUT2D eigenvalue weighted by Crippen LogP contribution is 2.32. The van der Waals surface area contributed by atoms with Crippen LogP contribution in [0.2, 0.25) is 0 Å². The molecule has 0 atom stereocenters. The van der Waals surface area contributed by atoms with Crippen molar-refractivity contribution in [1.82, 2.24) is 4.72 Å². The predicted octanol–water partition coefficient (Wildman–Crippen LogP) is 3.04. The molecule has 3 N–H and O–H groups in total. The monoisotopic (exact) mass is 396 g/mol. The Balaban J connectivity index is 2.98. The number of sulfonamides is 1. The molecule has 0 spiro atoms. The largest absolute Gasteiger partial charge is 0.399 e. The molecule has 1 aromatic carbocycles. The number of nitrogens with two attached hydrogens (primary N) is 1. The maximum atomic E-state index is 12.1. The number of halogens is 2. The van der Waals surface area contributed by atoms with Crippen LogP contribution in [0.1, 0.15) is 13.3 Å². The first-order valence-corrected chi connectivity index (χ1v) is 8.30. The predicted molar refractivity (Wildman–Crippen MR) is 80.9 cm³/mol. The zero-order valence-electron chi connectivity index (χ0n) is 9.78. The maximum Gasteiger partial charge on any atom is 0.242 e. The third-order valence-electron chi connectivity index (χ3n) is 2.13. The molecule has 0 fully saturated rings. The molecule has 1 rings (SSSR count). The van der Waals surface area contributed by atoms with Gasteiger partial charge in [0.1, 0.15) is 4.90 Å². The third kappa shape index (κ3) is 4.08. The van der Waals surface area contributed by atoms with Crippen LogP contribution < -0.4 is 10.5 Å². The molecular formula is C11H14Br2N2O2S. The molecule has 0 aliphatic heterocycles. The molecule has 0 aromatic heterocycles. The Labute approximate surface area is 124 Å². The van der Waals surface area contributed by atoms with Gasteiger partial charge in [0.15, 0.2) is 0 Å². The van der Waals surface area contributed by atoms with Crippen LogP contribution >= 0.6 is 31.9 Å². The summed E-state index contributed by atoms with van der Waals surface area (Å²) in [6.07, 6.45) is 4.43. The molecule has 0 saturated carbocycles. The van der Waals surface area contributed by atoms with Crippen LogP contribution in [0.4, 0.5) is 5.69 Å². The lowest BCUT2D eigenvalue weighted by Crippen LogP contribution is -2.25. The number of nitrogen functional groups attached to an aromatic ring is 1. The molecule has 0 aliphatic rings. The summed E-state index contributed by atoms with van der Waals surface area (Å²) in [6.45, 7) is 2.25. The second kappa shape index (κ2) is 6.70. The molecule has 0 heterocycles. The molecule has 1 aromatic rings. The summed E-state index contributed by atoms with van der Waals surface area (Å²) in [5, 5.41) is 0. The van der Waals surface area contributed by atoms with Gasteiger partial charge in [-0.1, -0.05) is 12.2 Å². The van der Waals surface area contributed by atoms with E-state index in [9.17, 15) is 8.42 Å². The molecule has 0 amide bonds. The van der Waals surface area contributed by atoms with Gasteiger partial charge in [-0.3, -0.25) is 0 Å². The molecule has 0 bridgehead atoms. The van der Waals surface area contributed by atoms with Crippen LogP contribution in [0, 0.1) is 0 Å². The second-order valence-electron chi connectivity index (χ2n) is 3.57. The summed E-state index contributed by atoms with van der Waals surface area (Å²) in [5.74, 6) is 0. The van der Waals surface area contributed by atoms with Crippen molar-refractivity contribution in [3.05, 3.63) is 33.2 Å². The van der Waals surface area contributed by atoms with Crippen molar-refractivity contribution in [2.75, 3.05) is 12.3 Å². The Hall–Kier alpha value is -0.370. The number of anilines is 1. The molecule has 0 radical (unpaired) electrons. The van der Waals surface area contributed by atoms with Crippen molar-refractivity contribution in [3.63, 3.8) is 0 Å². The smallest absolute Gasteiger partial charge is 0.242 e. The average Bonchev–Trinajstić information content (AvgIpc) is 2.22. The SMILES string of the molecule is C/C=C/CCNS(=O)(=O)c1c(Br)cc(N)cc1Br. The summed E-state index contributed by atoms with van der Waals surface area (Å²) in [7, 11) is -3.55. The van der Waals surface area contributed by atoms with Crippen LogP contribution in [0.25, 0.3) is 0 Å². The highest BCUT2D eigenvalue weighted by atomic mass is 79.9. The molecule has 0 unspecified atom stereocenters. The van der Waals surface area contributed by atoms with E-state index in [1.807, 2.05) is 19.1 Å². The van der Waals surface area contributed by atoms with E-state index >= 15 is 0 Å². The molecular weight excluding hydrogens is 384 g/mol. The molecule has 0 saturated heterocycles. The lowest BCUT2D eigenvalue weighted by molar-refractivity contribution is 0.581. The number of benzene rings is 1. The Bertz CT molecular complexity index is 533. The normalized spacial score (nSPS) is 12.2.